The molecule has 0 unspecified atom stereocenters. The topological polar surface area (TPSA) is 22.3 Å². The highest BCUT2D eigenvalue weighted by Crippen LogP contribution is 2.31. The van der Waals surface area contributed by atoms with Crippen LogP contribution in [0.25, 0.3) is 10.9 Å². The van der Waals surface area contributed by atoms with E-state index < -0.39 is 0 Å². The Morgan fingerprint density at radius 2 is 1.94 bits per heavy atom. The van der Waals surface area contributed by atoms with Crippen LogP contribution in [0.4, 0.5) is 5.69 Å². The van der Waals surface area contributed by atoms with E-state index in [1.165, 1.54) is 21.1 Å². The van der Waals surface area contributed by atoms with Crippen molar-refractivity contribution in [2.45, 2.75) is 0 Å². The van der Waals surface area contributed by atoms with Crippen molar-refractivity contribution in [1.82, 2.24) is 9.88 Å². The molecule has 3 rings (SSSR count). The molecule has 3 nitrogen and oxygen atoms in total. The van der Waals surface area contributed by atoms with E-state index >= 15 is 0 Å². The molecular weight excluding hydrogens is 278 g/mol. The smallest absolute Gasteiger partial charge is 0.0532 e. The van der Waals surface area contributed by atoms with Crippen LogP contribution < -0.4 is 4.90 Å². The maximum atomic E-state index is 3.68. The van der Waals surface area contributed by atoms with E-state index in [1.54, 1.807) is 0 Å². The number of piperazine rings is 1. The van der Waals surface area contributed by atoms with Gasteiger partial charge in [-0.2, -0.15) is 0 Å². The molecule has 0 spiro atoms. The molecule has 2 aromatic rings. The number of rotatable bonds is 1. The molecule has 1 aliphatic rings. The largest absolute Gasteiger partial charge is 0.368 e. The minimum atomic E-state index is 1.10. The number of H-pyrrole nitrogens is 1. The molecule has 0 radical (unpaired) electrons. The molecule has 2 heterocycles. The second-order valence-electron chi connectivity index (χ2n) is 4.66. The van der Waals surface area contributed by atoms with Crippen molar-refractivity contribution in [1.29, 1.82) is 0 Å². The van der Waals surface area contributed by atoms with Crippen molar-refractivity contribution in [3.63, 3.8) is 0 Å². The fourth-order valence-corrected chi connectivity index (χ4v) is 2.96. The molecule has 1 aliphatic heterocycles. The molecule has 1 aromatic heterocycles. The summed E-state index contributed by atoms with van der Waals surface area (Å²) in [5.41, 5.74) is 2.51. The Balaban J connectivity index is 1.96. The number of fused-ring (bicyclic) bond motifs is 1. The fraction of sp³-hybridized carbons (Fsp3) is 0.385. The molecule has 0 saturated carbocycles. The first kappa shape index (κ1) is 11.1. The number of aromatic nitrogens is 1. The number of likely N-dealkylation sites (N-methyl/N-ethyl adjacent to an activating group) is 1. The predicted octanol–water partition coefficient (Wildman–Crippen LogP) is 2.68. The van der Waals surface area contributed by atoms with E-state index in [2.05, 4.69) is 56.0 Å². The van der Waals surface area contributed by atoms with Crippen LogP contribution in [0.2, 0.25) is 0 Å². The highest BCUT2D eigenvalue weighted by molar-refractivity contribution is 9.10. The van der Waals surface area contributed by atoms with Crippen LogP contribution in [0.1, 0.15) is 0 Å². The fourth-order valence-electron chi connectivity index (χ4n) is 2.35. The Bertz CT molecular complexity index is 526. The molecule has 0 amide bonds. The van der Waals surface area contributed by atoms with Crippen molar-refractivity contribution >= 4 is 32.5 Å². The van der Waals surface area contributed by atoms with E-state index in [1.807, 2.05) is 6.20 Å². The first-order valence-corrected chi connectivity index (χ1v) is 6.73. The molecule has 0 bridgehead atoms. The number of hydrogen-bond donors (Lipinski definition) is 1. The second kappa shape index (κ2) is 4.35. The number of anilines is 1. The zero-order valence-electron chi connectivity index (χ0n) is 9.91. The Labute approximate surface area is 110 Å². The minimum absolute atomic E-state index is 1.10. The van der Waals surface area contributed by atoms with Crippen LogP contribution in [-0.2, 0) is 0 Å². The van der Waals surface area contributed by atoms with E-state index in [-0.39, 0.29) is 0 Å². The molecule has 1 N–H and O–H groups in total. The lowest BCUT2D eigenvalue weighted by Crippen LogP contribution is -2.44. The van der Waals surface area contributed by atoms with Gasteiger partial charge in [-0.25, -0.2) is 0 Å². The van der Waals surface area contributed by atoms with E-state index in [0.29, 0.717) is 0 Å². The average molecular weight is 294 g/mol. The minimum Gasteiger partial charge on any atom is -0.368 e. The zero-order valence-corrected chi connectivity index (χ0v) is 11.5. The Hall–Kier alpha value is -1.00. The van der Waals surface area contributed by atoms with Gasteiger partial charge in [0.2, 0.25) is 0 Å². The lowest BCUT2D eigenvalue weighted by Gasteiger charge is -2.34. The van der Waals surface area contributed by atoms with Crippen molar-refractivity contribution in [2.24, 2.45) is 0 Å². The van der Waals surface area contributed by atoms with Crippen molar-refractivity contribution < 1.29 is 0 Å². The quantitative estimate of drug-likeness (QED) is 0.873. The number of nitrogens with zero attached hydrogens (tertiary/aromatic N) is 2. The summed E-state index contributed by atoms with van der Waals surface area (Å²) in [6, 6.07) is 6.54. The summed E-state index contributed by atoms with van der Waals surface area (Å²) in [4.78, 5) is 8.10. The zero-order chi connectivity index (χ0) is 11.8. The Morgan fingerprint density at radius 3 is 2.71 bits per heavy atom. The molecule has 1 fully saturated rings. The van der Waals surface area contributed by atoms with Gasteiger partial charge in [-0.3, -0.25) is 0 Å². The highest BCUT2D eigenvalue weighted by Gasteiger charge is 2.16. The lowest BCUT2D eigenvalue weighted by molar-refractivity contribution is 0.313. The lowest BCUT2D eigenvalue weighted by atomic mass is 10.2. The van der Waals surface area contributed by atoms with Gasteiger partial charge in [0.15, 0.2) is 0 Å². The SMILES string of the molecule is CN1CCN(c2cc3[nH]ccc3cc2Br)CC1. The highest BCUT2D eigenvalue weighted by atomic mass is 79.9. The Kier molecular flexibility index (Phi) is 2.84. The normalized spacial score (nSPS) is 17.9. The third-order valence-corrected chi connectivity index (χ3v) is 4.10. The maximum absolute atomic E-state index is 3.68. The first-order chi connectivity index (χ1) is 8.24. The van der Waals surface area contributed by atoms with Crippen LogP contribution in [0, 0.1) is 0 Å². The number of benzene rings is 1. The number of aromatic amines is 1. The van der Waals surface area contributed by atoms with Gasteiger partial charge in [-0.05, 0) is 41.2 Å². The third-order valence-electron chi connectivity index (χ3n) is 3.46. The maximum Gasteiger partial charge on any atom is 0.0532 e. The molecule has 1 saturated heterocycles. The van der Waals surface area contributed by atoms with E-state index in [4.69, 9.17) is 0 Å². The van der Waals surface area contributed by atoms with Gasteiger partial charge in [0, 0.05) is 47.8 Å². The molecular formula is C13H16BrN3. The van der Waals surface area contributed by atoms with Gasteiger partial charge in [-0.1, -0.05) is 0 Å². The van der Waals surface area contributed by atoms with Crippen molar-refractivity contribution in [3.8, 4) is 0 Å². The van der Waals surface area contributed by atoms with E-state index in [9.17, 15) is 0 Å². The molecule has 1 aromatic carbocycles. The molecule has 4 heteroatoms. The van der Waals surface area contributed by atoms with Crippen LogP contribution in [0.15, 0.2) is 28.9 Å². The Morgan fingerprint density at radius 1 is 1.18 bits per heavy atom. The number of halogens is 1. The molecule has 90 valence electrons. The van der Waals surface area contributed by atoms with E-state index in [0.717, 1.165) is 26.2 Å². The second-order valence-corrected chi connectivity index (χ2v) is 5.51. The van der Waals surface area contributed by atoms with Crippen LogP contribution in [0.3, 0.4) is 0 Å². The van der Waals surface area contributed by atoms with Crippen molar-refractivity contribution in [2.75, 3.05) is 38.1 Å². The molecule has 0 aliphatic carbocycles. The summed E-state index contributed by atoms with van der Waals surface area (Å²) in [7, 11) is 2.18. The summed E-state index contributed by atoms with van der Waals surface area (Å²) in [5.74, 6) is 0. The van der Waals surface area contributed by atoms with Gasteiger partial charge in [-0.15, -0.1) is 0 Å². The monoisotopic (exact) mass is 293 g/mol. The number of hydrogen-bond acceptors (Lipinski definition) is 2. The number of nitrogens with one attached hydrogen (secondary N) is 1. The average Bonchev–Trinajstić information content (AvgIpc) is 2.76. The molecule has 17 heavy (non-hydrogen) atoms. The predicted molar refractivity (Wildman–Crippen MR) is 75.7 cm³/mol. The van der Waals surface area contributed by atoms with Gasteiger partial charge in [0.1, 0.15) is 0 Å². The van der Waals surface area contributed by atoms with Gasteiger partial charge >= 0.3 is 0 Å². The van der Waals surface area contributed by atoms with Crippen LogP contribution in [0.5, 0.6) is 0 Å². The van der Waals surface area contributed by atoms with Gasteiger partial charge in [0.25, 0.3) is 0 Å². The van der Waals surface area contributed by atoms with Crippen LogP contribution in [-0.4, -0.2) is 43.1 Å². The molecule has 0 atom stereocenters. The summed E-state index contributed by atoms with van der Waals surface area (Å²) in [6.07, 6.45) is 1.99. The van der Waals surface area contributed by atoms with Crippen molar-refractivity contribution in [3.05, 3.63) is 28.9 Å². The van der Waals surface area contributed by atoms with Gasteiger partial charge in [0.05, 0.1) is 5.69 Å². The first-order valence-electron chi connectivity index (χ1n) is 5.94. The summed E-state index contributed by atoms with van der Waals surface area (Å²) in [6.45, 7) is 4.47. The summed E-state index contributed by atoms with van der Waals surface area (Å²) in [5, 5.41) is 1.26. The summed E-state index contributed by atoms with van der Waals surface area (Å²) >= 11 is 3.68. The third kappa shape index (κ3) is 2.07. The standard InChI is InChI=1S/C13H16BrN3/c1-16-4-6-17(7-5-16)13-9-12-10(2-3-15-12)8-11(13)14/h2-3,8-9,15H,4-7H2,1H3. The summed E-state index contributed by atoms with van der Waals surface area (Å²) < 4.78 is 1.19. The van der Waals surface area contributed by atoms with Crippen LogP contribution >= 0.6 is 15.9 Å². The van der Waals surface area contributed by atoms with Gasteiger partial charge < -0.3 is 14.8 Å².